The van der Waals surface area contributed by atoms with Crippen molar-refractivity contribution in [1.29, 1.82) is 0 Å². The number of hydrogen-bond acceptors (Lipinski definition) is 2. The minimum atomic E-state index is 1.20. The first-order chi connectivity index (χ1) is 23.3. The fourth-order valence-electron chi connectivity index (χ4n) is 7.20. The Kier molecular flexibility index (Phi) is 5.98. The van der Waals surface area contributed by atoms with E-state index in [0.29, 0.717) is 0 Å². The van der Waals surface area contributed by atoms with Crippen molar-refractivity contribution in [2.75, 3.05) is 0 Å². The van der Waals surface area contributed by atoms with Gasteiger partial charge in [-0.25, -0.2) is 0 Å². The van der Waals surface area contributed by atoms with Crippen LogP contribution in [0.1, 0.15) is 0 Å². The summed E-state index contributed by atoms with van der Waals surface area (Å²) >= 11 is 3.79. The maximum atomic E-state index is 2.43. The second-order valence-corrected chi connectivity index (χ2v) is 14.2. The number of benzene rings is 7. The van der Waals surface area contributed by atoms with E-state index in [4.69, 9.17) is 0 Å². The summed E-state index contributed by atoms with van der Waals surface area (Å²) in [7, 11) is 0. The van der Waals surface area contributed by atoms with E-state index in [1.54, 1.807) is 0 Å². The Morgan fingerprint density at radius 2 is 1.02 bits per heavy atom. The molecule has 0 amide bonds. The zero-order valence-corrected chi connectivity index (χ0v) is 27.0. The van der Waals surface area contributed by atoms with Crippen LogP contribution in [0.25, 0.3) is 90.4 Å². The molecule has 3 aromatic heterocycles. The molecule has 0 unspecified atom stereocenters. The second kappa shape index (κ2) is 10.5. The highest BCUT2D eigenvalue weighted by Gasteiger charge is 2.18. The van der Waals surface area contributed by atoms with Gasteiger partial charge in [-0.15, -0.1) is 22.7 Å². The van der Waals surface area contributed by atoms with Gasteiger partial charge in [-0.3, -0.25) is 0 Å². The highest BCUT2D eigenvalue weighted by molar-refractivity contribution is 7.27. The fourth-order valence-corrected chi connectivity index (χ4v) is 9.68. The standard InChI is InChI=1S/C44H27NS2/c1-3-11-28(12-4-1)30-22-24-40-38(26-30)35-19-10-18-34(43(35)46-40)32-14-9-13-29(25-32)31-21-23-37-41(27-31)47-44-36-17-7-8-20-39(36)45(42(37)44)33-15-5-2-6-16-33/h1-27H. The van der Waals surface area contributed by atoms with Crippen molar-refractivity contribution >= 4 is 74.1 Å². The number of thiophene rings is 2. The summed E-state index contributed by atoms with van der Waals surface area (Å²) in [6.45, 7) is 0. The van der Waals surface area contributed by atoms with Gasteiger partial charge in [-0.1, -0.05) is 121 Å². The molecule has 1 nitrogen and oxygen atoms in total. The first kappa shape index (κ1) is 26.7. The summed E-state index contributed by atoms with van der Waals surface area (Å²) in [6, 6.07) is 59.9. The van der Waals surface area contributed by atoms with Gasteiger partial charge in [0.2, 0.25) is 0 Å². The van der Waals surface area contributed by atoms with Gasteiger partial charge in [0.25, 0.3) is 0 Å². The first-order valence-corrected chi connectivity index (χ1v) is 17.6. The molecule has 10 rings (SSSR count). The number of aromatic nitrogens is 1. The number of nitrogens with zero attached hydrogens (tertiary/aromatic N) is 1. The molecule has 0 N–H and O–H groups in total. The molecular weight excluding hydrogens is 607 g/mol. The predicted molar refractivity (Wildman–Crippen MR) is 205 cm³/mol. The van der Waals surface area contributed by atoms with Gasteiger partial charge in [0.1, 0.15) is 0 Å². The van der Waals surface area contributed by atoms with Gasteiger partial charge >= 0.3 is 0 Å². The van der Waals surface area contributed by atoms with Crippen LogP contribution in [0.15, 0.2) is 164 Å². The largest absolute Gasteiger partial charge is 0.308 e. The number of para-hydroxylation sites is 2. The Labute approximate surface area is 280 Å². The minimum absolute atomic E-state index is 1.20. The summed E-state index contributed by atoms with van der Waals surface area (Å²) in [6.07, 6.45) is 0. The molecule has 0 atom stereocenters. The molecule has 0 aliphatic rings. The van der Waals surface area contributed by atoms with Gasteiger partial charge in [0.15, 0.2) is 0 Å². The third-order valence-electron chi connectivity index (χ3n) is 9.40. The maximum absolute atomic E-state index is 2.43. The van der Waals surface area contributed by atoms with Crippen LogP contribution in [0.3, 0.4) is 0 Å². The van der Waals surface area contributed by atoms with Crippen molar-refractivity contribution in [2.24, 2.45) is 0 Å². The van der Waals surface area contributed by atoms with Crippen molar-refractivity contribution in [1.82, 2.24) is 4.57 Å². The highest BCUT2D eigenvalue weighted by atomic mass is 32.1. The lowest BCUT2D eigenvalue weighted by molar-refractivity contribution is 1.19. The molecule has 0 radical (unpaired) electrons. The summed E-state index contributed by atoms with van der Waals surface area (Å²) < 4.78 is 7.75. The quantitative estimate of drug-likeness (QED) is 0.182. The van der Waals surface area contributed by atoms with E-state index in [-0.39, 0.29) is 0 Å². The molecule has 0 aliphatic carbocycles. The Morgan fingerprint density at radius 3 is 1.91 bits per heavy atom. The van der Waals surface area contributed by atoms with Crippen LogP contribution in [-0.4, -0.2) is 4.57 Å². The number of rotatable bonds is 4. The van der Waals surface area contributed by atoms with Gasteiger partial charge in [0, 0.05) is 41.3 Å². The summed E-state index contributed by atoms with van der Waals surface area (Å²) in [5, 5.41) is 5.26. The van der Waals surface area contributed by atoms with Crippen molar-refractivity contribution in [3.8, 4) is 39.1 Å². The number of fused-ring (bicyclic) bond motifs is 8. The van der Waals surface area contributed by atoms with Gasteiger partial charge in [0.05, 0.1) is 15.7 Å². The molecular formula is C44H27NS2. The summed E-state index contributed by atoms with van der Waals surface area (Å²) in [4.78, 5) is 0. The normalized spacial score (nSPS) is 11.8. The SMILES string of the molecule is c1ccc(-c2ccc3sc4c(-c5cccc(-c6ccc7c(c6)sc6c8ccccc8n(-c8ccccc8)c76)c5)cccc4c3c2)cc1. The molecule has 7 aromatic carbocycles. The van der Waals surface area contributed by atoms with E-state index >= 15 is 0 Å². The topological polar surface area (TPSA) is 4.93 Å². The van der Waals surface area contributed by atoms with Crippen LogP contribution in [0, 0.1) is 0 Å². The zero-order chi connectivity index (χ0) is 30.9. The molecule has 220 valence electrons. The van der Waals surface area contributed by atoms with Crippen LogP contribution >= 0.6 is 22.7 Å². The Balaban J connectivity index is 1.10. The van der Waals surface area contributed by atoms with Gasteiger partial charge in [-0.05, 0) is 75.8 Å². The van der Waals surface area contributed by atoms with Gasteiger partial charge in [-0.2, -0.15) is 0 Å². The van der Waals surface area contributed by atoms with E-state index < -0.39 is 0 Å². The highest BCUT2D eigenvalue weighted by Crippen LogP contribution is 2.45. The molecule has 0 aliphatic heterocycles. The van der Waals surface area contributed by atoms with Crippen LogP contribution in [0.4, 0.5) is 0 Å². The average molecular weight is 634 g/mol. The van der Waals surface area contributed by atoms with Crippen LogP contribution in [-0.2, 0) is 0 Å². The molecule has 3 heterocycles. The van der Waals surface area contributed by atoms with E-state index in [1.807, 2.05) is 22.7 Å². The van der Waals surface area contributed by atoms with Gasteiger partial charge < -0.3 is 4.57 Å². The Bertz CT molecular complexity index is 2780. The molecule has 0 saturated carbocycles. The van der Waals surface area contributed by atoms with E-state index in [9.17, 15) is 0 Å². The lowest BCUT2D eigenvalue weighted by atomic mass is 9.97. The monoisotopic (exact) mass is 633 g/mol. The zero-order valence-electron chi connectivity index (χ0n) is 25.4. The van der Waals surface area contributed by atoms with E-state index in [0.717, 1.165) is 0 Å². The smallest absolute Gasteiger partial charge is 0.0727 e. The minimum Gasteiger partial charge on any atom is -0.308 e. The van der Waals surface area contributed by atoms with Crippen molar-refractivity contribution in [3.05, 3.63) is 164 Å². The molecule has 0 fully saturated rings. The first-order valence-electron chi connectivity index (χ1n) is 15.9. The van der Waals surface area contributed by atoms with E-state index in [1.165, 1.54) is 90.4 Å². The molecule has 0 bridgehead atoms. The lowest BCUT2D eigenvalue weighted by Gasteiger charge is -2.09. The molecule has 0 saturated heterocycles. The molecule has 0 spiro atoms. The Hall–Kier alpha value is -5.48. The molecule has 3 heteroatoms. The molecule has 10 aromatic rings. The van der Waals surface area contributed by atoms with Crippen molar-refractivity contribution < 1.29 is 0 Å². The third-order valence-corrected chi connectivity index (χ3v) is 11.8. The van der Waals surface area contributed by atoms with Crippen LogP contribution in [0.5, 0.6) is 0 Å². The summed E-state index contributed by atoms with van der Waals surface area (Å²) in [5.74, 6) is 0. The predicted octanol–water partition coefficient (Wildman–Crippen LogP) is 13.4. The maximum Gasteiger partial charge on any atom is 0.0727 e. The van der Waals surface area contributed by atoms with E-state index in [2.05, 4.69) is 168 Å². The van der Waals surface area contributed by atoms with Crippen LogP contribution < -0.4 is 0 Å². The molecule has 47 heavy (non-hydrogen) atoms. The summed E-state index contributed by atoms with van der Waals surface area (Å²) in [5.41, 5.74) is 11.3. The van der Waals surface area contributed by atoms with Crippen molar-refractivity contribution in [2.45, 2.75) is 0 Å². The fraction of sp³-hybridized carbons (Fsp3) is 0. The average Bonchev–Trinajstić information content (AvgIpc) is 3.80. The Morgan fingerprint density at radius 1 is 0.362 bits per heavy atom. The third kappa shape index (κ3) is 4.21. The number of hydrogen-bond donors (Lipinski definition) is 0. The second-order valence-electron chi connectivity index (χ2n) is 12.1. The van der Waals surface area contributed by atoms with Crippen molar-refractivity contribution in [3.63, 3.8) is 0 Å². The van der Waals surface area contributed by atoms with Crippen LogP contribution in [0.2, 0.25) is 0 Å². The lowest BCUT2D eigenvalue weighted by Crippen LogP contribution is -1.92.